The Morgan fingerprint density at radius 1 is 1.23 bits per heavy atom. The Balaban J connectivity index is 1.96. The third-order valence-electron chi connectivity index (χ3n) is 3.67. The minimum Gasteiger partial charge on any atom is -0.378 e. The number of nitrogens with one attached hydrogen (secondary N) is 1. The van der Waals surface area contributed by atoms with E-state index in [1.165, 1.54) is 10.4 Å². The third kappa shape index (κ3) is 4.10. The van der Waals surface area contributed by atoms with Crippen LogP contribution in [0.4, 0.5) is 5.69 Å². The van der Waals surface area contributed by atoms with Crippen molar-refractivity contribution in [2.45, 2.75) is 33.2 Å². The van der Waals surface area contributed by atoms with E-state index < -0.39 is 0 Å². The number of rotatable bonds is 6. The number of carbonyl (C=O) groups is 1. The maximum Gasteiger partial charge on any atom is 0.261 e. The summed E-state index contributed by atoms with van der Waals surface area (Å²) in [5.41, 5.74) is 3.57. The second kappa shape index (κ2) is 7.45. The van der Waals surface area contributed by atoms with Crippen LogP contribution >= 0.6 is 11.3 Å². The van der Waals surface area contributed by atoms with Gasteiger partial charge in [-0.1, -0.05) is 25.5 Å². The van der Waals surface area contributed by atoms with Crippen molar-refractivity contribution in [3.63, 3.8) is 0 Å². The molecule has 2 aromatic rings. The Bertz CT molecular complexity index is 629. The first-order valence-corrected chi connectivity index (χ1v) is 8.46. The molecule has 0 aliphatic heterocycles. The Morgan fingerprint density at radius 3 is 2.50 bits per heavy atom. The van der Waals surface area contributed by atoms with E-state index in [2.05, 4.69) is 48.3 Å². The molecule has 0 saturated carbocycles. The largest absolute Gasteiger partial charge is 0.378 e. The van der Waals surface area contributed by atoms with Crippen LogP contribution in [0.25, 0.3) is 0 Å². The number of hydrogen-bond acceptors (Lipinski definition) is 3. The number of nitrogens with zero attached hydrogens (tertiary/aromatic N) is 1. The standard InChI is InChI=1S/C18H24N2OS/c1-5-6-15-11-17(22-13(15)2)18(21)19-12-14-7-9-16(10-8-14)20(3)4/h7-11H,5-6,12H2,1-4H3,(H,19,21). The minimum atomic E-state index is 0.0205. The van der Waals surface area contributed by atoms with Gasteiger partial charge in [-0.25, -0.2) is 0 Å². The summed E-state index contributed by atoms with van der Waals surface area (Å²) in [5.74, 6) is 0.0205. The fourth-order valence-electron chi connectivity index (χ4n) is 2.33. The molecule has 0 bridgehead atoms. The Kier molecular flexibility index (Phi) is 5.61. The van der Waals surface area contributed by atoms with Gasteiger partial charge in [-0.05, 0) is 42.7 Å². The van der Waals surface area contributed by atoms with Crippen LogP contribution < -0.4 is 10.2 Å². The highest BCUT2D eigenvalue weighted by Gasteiger charge is 2.11. The van der Waals surface area contributed by atoms with E-state index in [1.807, 2.05) is 20.2 Å². The summed E-state index contributed by atoms with van der Waals surface area (Å²) in [6.07, 6.45) is 2.15. The lowest BCUT2D eigenvalue weighted by atomic mass is 10.1. The minimum absolute atomic E-state index is 0.0205. The van der Waals surface area contributed by atoms with E-state index in [0.29, 0.717) is 6.54 Å². The lowest BCUT2D eigenvalue weighted by molar-refractivity contribution is 0.0955. The van der Waals surface area contributed by atoms with Gasteiger partial charge in [0, 0.05) is 31.2 Å². The molecule has 3 nitrogen and oxygen atoms in total. The molecule has 2 rings (SSSR count). The number of amides is 1. The highest BCUT2D eigenvalue weighted by atomic mass is 32.1. The van der Waals surface area contributed by atoms with Crippen molar-refractivity contribution in [2.75, 3.05) is 19.0 Å². The van der Waals surface area contributed by atoms with Gasteiger partial charge in [0.2, 0.25) is 0 Å². The van der Waals surface area contributed by atoms with Crippen LogP contribution in [0, 0.1) is 6.92 Å². The summed E-state index contributed by atoms with van der Waals surface area (Å²) < 4.78 is 0. The van der Waals surface area contributed by atoms with Crippen molar-refractivity contribution in [1.29, 1.82) is 0 Å². The molecule has 0 aliphatic carbocycles. The van der Waals surface area contributed by atoms with Crippen molar-refractivity contribution >= 4 is 22.9 Å². The van der Waals surface area contributed by atoms with E-state index in [9.17, 15) is 4.79 Å². The second-order valence-corrected chi connectivity index (χ2v) is 6.94. The van der Waals surface area contributed by atoms with Crippen molar-refractivity contribution in [3.8, 4) is 0 Å². The Morgan fingerprint density at radius 2 is 1.91 bits per heavy atom. The topological polar surface area (TPSA) is 32.3 Å². The molecule has 1 N–H and O–H groups in total. The maximum atomic E-state index is 12.3. The summed E-state index contributed by atoms with van der Waals surface area (Å²) in [7, 11) is 4.04. The Labute approximate surface area is 137 Å². The van der Waals surface area contributed by atoms with Crippen molar-refractivity contribution in [1.82, 2.24) is 5.32 Å². The van der Waals surface area contributed by atoms with Crippen LogP contribution in [-0.2, 0) is 13.0 Å². The first kappa shape index (κ1) is 16.6. The highest BCUT2D eigenvalue weighted by molar-refractivity contribution is 7.14. The monoisotopic (exact) mass is 316 g/mol. The lowest BCUT2D eigenvalue weighted by Crippen LogP contribution is -2.21. The predicted octanol–water partition coefficient (Wildman–Crippen LogP) is 4.01. The molecule has 1 aromatic heterocycles. The van der Waals surface area contributed by atoms with Crippen LogP contribution in [0.15, 0.2) is 30.3 Å². The molecule has 22 heavy (non-hydrogen) atoms. The van der Waals surface area contributed by atoms with E-state index in [1.54, 1.807) is 11.3 Å². The normalized spacial score (nSPS) is 10.5. The summed E-state index contributed by atoms with van der Waals surface area (Å²) in [5, 5.41) is 3.00. The molecule has 0 radical (unpaired) electrons. The fraction of sp³-hybridized carbons (Fsp3) is 0.389. The van der Waals surface area contributed by atoms with Gasteiger partial charge < -0.3 is 10.2 Å². The second-order valence-electron chi connectivity index (χ2n) is 5.69. The number of benzene rings is 1. The summed E-state index contributed by atoms with van der Waals surface area (Å²) in [4.78, 5) is 16.4. The van der Waals surface area contributed by atoms with Crippen LogP contribution in [0.5, 0.6) is 0 Å². The molecule has 0 saturated heterocycles. The zero-order valence-electron chi connectivity index (χ0n) is 13.8. The van der Waals surface area contributed by atoms with Crippen LogP contribution in [0.1, 0.15) is 39.0 Å². The van der Waals surface area contributed by atoms with Crippen molar-refractivity contribution in [3.05, 3.63) is 51.2 Å². The summed E-state index contributed by atoms with van der Waals surface area (Å²) in [6.45, 7) is 4.81. The van der Waals surface area contributed by atoms with Gasteiger partial charge in [0.25, 0.3) is 5.91 Å². The third-order valence-corrected chi connectivity index (χ3v) is 4.76. The van der Waals surface area contributed by atoms with Crippen molar-refractivity contribution in [2.24, 2.45) is 0 Å². The number of hydrogen-bond donors (Lipinski definition) is 1. The van der Waals surface area contributed by atoms with Gasteiger partial charge in [0.1, 0.15) is 0 Å². The van der Waals surface area contributed by atoms with Gasteiger partial charge in [-0.2, -0.15) is 0 Å². The summed E-state index contributed by atoms with van der Waals surface area (Å²) >= 11 is 1.59. The fourth-order valence-corrected chi connectivity index (χ4v) is 3.32. The van der Waals surface area contributed by atoms with Crippen molar-refractivity contribution < 1.29 is 4.79 Å². The van der Waals surface area contributed by atoms with E-state index in [-0.39, 0.29) is 5.91 Å². The Hall–Kier alpha value is -1.81. The van der Waals surface area contributed by atoms with E-state index in [0.717, 1.165) is 29.0 Å². The molecular weight excluding hydrogens is 292 g/mol. The predicted molar refractivity (Wildman–Crippen MR) is 95.0 cm³/mol. The summed E-state index contributed by atoms with van der Waals surface area (Å²) in [6, 6.07) is 10.3. The number of thiophene rings is 1. The molecule has 1 heterocycles. The van der Waals surface area contributed by atoms with Crippen LogP contribution in [0.2, 0.25) is 0 Å². The molecule has 118 valence electrons. The zero-order valence-corrected chi connectivity index (χ0v) is 14.6. The SMILES string of the molecule is CCCc1cc(C(=O)NCc2ccc(N(C)C)cc2)sc1C. The average Bonchev–Trinajstić information content (AvgIpc) is 2.87. The van der Waals surface area contributed by atoms with Crippen LogP contribution in [0.3, 0.4) is 0 Å². The van der Waals surface area contributed by atoms with E-state index in [4.69, 9.17) is 0 Å². The van der Waals surface area contributed by atoms with E-state index >= 15 is 0 Å². The molecule has 0 spiro atoms. The molecule has 4 heteroatoms. The van der Waals surface area contributed by atoms with Gasteiger partial charge >= 0.3 is 0 Å². The average molecular weight is 316 g/mol. The first-order chi connectivity index (χ1) is 10.5. The first-order valence-electron chi connectivity index (χ1n) is 7.65. The van der Waals surface area contributed by atoms with Gasteiger partial charge in [-0.3, -0.25) is 4.79 Å². The molecular formula is C18H24N2OS. The molecule has 0 aliphatic rings. The molecule has 0 unspecified atom stereocenters. The van der Waals surface area contributed by atoms with Gasteiger partial charge in [-0.15, -0.1) is 11.3 Å². The highest BCUT2D eigenvalue weighted by Crippen LogP contribution is 2.23. The number of aryl methyl sites for hydroxylation is 2. The number of anilines is 1. The molecule has 1 amide bonds. The molecule has 1 aromatic carbocycles. The number of carbonyl (C=O) groups excluding carboxylic acids is 1. The molecule has 0 fully saturated rings. The lowest BCUT2D eigenvalue weighted by Gasteiger charge is -2.12. The zero-order chi connectivity index (χ0) is 16.1. The van der Waals surface area contributed by atoms with Gasteiger partial charge in [0.05, 0.1) is 4.88 Å². The quantitative estimate of drug-likeness (QED) is 0.873. The molecule has 0 atom stereocenters. The maximum absolute atomic E-state index is 12.3. The van der Waals surface area contributed by atoms with Crippen LogP contribution in [-0.4, -0.2) is 20.0 Å². The smallest absolute Gasteiger partial charge is 0.261 e. The van der Waals surface area contributed by atoms with Gasteiger partial charge in [0.15, 0.2) is 0 Å².